The van der Waals surface area contributed by atoms with E-state index in [1.54, 1.807) is 0 Å². The number of amides is 2. The van der Waals surface area contributed by atoms with E-state index in [9.17, 15) is 9.59 Å². The van der Waals surface area contributed by atoms with E-state index >= 15 is 0 Å². The van der Waals surface area contributed by atoms with Gasteiger partial charge in [0.25, 0.3) is 0 Å². The molecule has 0 aromatic heterocycles. The Morgan fingerprint density at radius 3 is 2.33 bits per heavy atom. The van der Waals surface area contributed by atoms with Crippen LogP contribution in [0.2, 0.25) is 0 Å². The maximum Gasteiger partial charge on any atom is 0.405 e. The quantitative estimate of drug-likeness (QED) is 0.610. The SMILES string of the molecule is COC(CNC(=O)C(Cc1ccccc1)NC(=O)O)OC. The molecule has 0 aliphatic carbocycles. The molecule has 1 unspecified atom stereocenters. The van der Waals surface area contributed by atoms with Gasteiger partial charge in [-0.2, -0.15) is 0 Å². The van der Waals surface area contributed by atoms with Gasteiger partial charge in [0.05, 0.1) is 6.54 Å². The Bertz CT molecular complexity index is 448. The van der Waals surface area contributed by atoms with E-state index in [4.69, 9.17) is 14.6 Å². The highest BCUT2D eigenvalue weighted by atomic mass is 16.7. The minimum atomic E-state index is -1.25. The highest BCUT2D eigenvalue weighted by molar-refractivity contribution is 5.85. The normalized spacial score (nSPS) is 12.0. The second-order valence-electron chi connectivity index (χ2n) is 4.34. The van der Waals surface area contributed by atoms with Gasteiger partial charge in [0, 0.05) is 20.6 Å². The highest BCUT2D eigenvalue weighted by Crippen LogP contribution is 2.04. The first kappa shape index (κ1) is 16.9. The Morgan fingerprint density at radius 1 is 1.19 bits per heavy atom. The van der Waals surface area contributed by atoms with Crippen LogP contribution in [-0.4, -0.2) is 50.2 Å². The van der Waals surface area contributed by atoms with Gasteiger partial charge in [0.1, 0.15) is 6.04 Å². The number of hydrogen-bond donors (Lipinski definition) is 3. The molecule has 0 aliphatic heterocycles. The fraction of sp³-hybridized carbons (Fsp3) is 0.429. The summed E-state index contributed by atoms with van der Waals surface area (Å²) in [6.45, 7) is 0.137. The standard InChI is InChI=1S/C14H20N2O5/c1-20-12(21-2)9-15-13(17)11(16-14(18)19)8-10-6-4-3-5-7-10/h3-7,11-12,16H,8-9H2,1-2H3,(H,15,17)(H,18,19). The number of carbonyl (C=O) groups is 2. The second kappa shape index (κ2) is 8.93. The minimum Gasteiger partial charge on any atom is -0.465 e. The molecule has 0 fully saturated rings. The molecule has 21 heavy (non-hydrogen) atoms. The van der Waals surface area contributed by atoms with Crippen molar-refractivity contribution in [2.45, 2.75) is 18.8 Å². The van der Waals surface area contributed by atoms with Crippen LogP contribution >= 0.6 is 0 Å². The van der Waals surface area contributed by atoms with Gasteiger partial charge in [-0.1, -0.05) is 30.3 Å². The van der Waals surface area contributed by atoms with Crippen LogP contribution in [0.4, 0.5) is 4.79 Å². The molecule has 0 bridgehead atoms. The van der Waals surface area contributed by atoms with Gasteiger partial charge >= 0.3 is 6.09 Å². The van der Waals surface area contributed by atoms with Crippen molar-refractivity contribution in [3.8, 4) is 0 Å². The Kier molecular flexibility index (Phi) is 7.20. The molecule has 3 N–H and O–H groups in total. The van der Waals surface area contributed by atoms with E-state index in [0.29, 0.717) is 0 Å². The predicted octanol–water partition coefficient (Wildman–Crippen LogP) is 0.600. The van der Waals surface area contributed by atoms with Crippen LogP contribution in [0.25, 0.3) is 0 Å². The van der Waals surface area contributed by atoms with Crippen LogP contribution in [0.5, 0.6) is 0 Å². The topological polar surface area (TPSA) is 96.9 Å². The summed E-state index contributed by atoms with van der Waals surface area (Å²) < 4.78 is 9.91. The Balaban J connectivity index is 2.63. The van der Waals surface area contributed by atoms with Crippen LogP contribution in [0.15, 0.2) is 30.3 Å². The molecule has 1 aromatic rings. The fourth-order valence-electron chi connectivity index (χ4n) is 1.78. The molecule has 0 spiro atoms. The number of ether oxygens (including phenoxy) is 2. The van der Waals surface area contributed by atoms with Crippen molar-refractivity contribution < 1.29 is 24.2 Å². The van der Waals surface area contributed by atoms with Crippen molar-refractivity contribution in [1.29, 1.82) is 0 Å². The molecule has 116 valence electrons. The van der Waals surface area contributed by atoms with E-state index < -0.39 is 24.3 Å². The van der Waals surface area contributed by atoms with Gasteiger partial charge in [-0.05, 0) is 5.56 Å². The molecule has 2 amide bonds. The lowest BCUT2D eigenvalue weighted by molar-refractivity contribution is -0.129. The third-order valence-corrected chi connectivity index (χ3v) is 2.87. The largest absolute Gasteiger partial charge is 0.465 e. The lowest BCUT2D eigenvalue weighted by atomic mass is 10.1. The zero-order chi connectivity index (χ0) is 15.7. The summed E-state index contributed by atoms with van der Waals surface area (Å²) in [5.74, 6) is -0.430. The molecule has 0 aliphatic rings. The van der Waals surface area contributed by atoms with Crippen molar-refractivity contribution in [3.63, 3.8) is 0 Å². The summed E-state index contributed by atoms with van der Waals surface area (Å²) in [7, 11) is 2.91. The summed E-state index contributed by atoms with van der Waals surface area (Å²) >= 11 is 0. The zero-order valence-corrected chi connectivity index (χ0v) is 12.0. The Labute approximate surface area is 123 Å². The van der Waals surface area contributed by atoms with Gasteiger partial charge < -0.3 is 25.2 Å². The van der Waals surface area contributed by atoms with E-state index in [0.717, 1.165) is 5.56 Å². The van der Waals surface area contributed by atoms with Gasteiger partial charge in [-0.3, -0.25) is 4.79 Å². The number of benzene rings is 1. The molecular weight excluding hydrogens is 276 g/mol. The number of rotatable bonds is 8. The number of methoxy groups -OCH3 is 2. The molecule has 1 atom stereocenters. The maximum atomic E-state index is 12.1. The molecule has 7 heteroatoms. The van der Waals surface area contributed by atoms with Gasteiger partial charge in [-0.15, -0.1) is 0 Å². The highest BCUT2D eigenvalue weighted by Gasteiger charge is 2.21. The third kappa shape index (κ3) is 6.24. The minimum absolute atomic E-state index is 0.137. The molecule has 0 saturated carbocycles. The summed E-state index contributed by atoms with van der Waals surface area (Å²) in [4.78, 5) is 22.9. The first-order valence-corrected chi connectivity index (χ1v) is 6.43. The van der Waals surface area contributed by atoms with E-state index in [1.807, 2.05) is 30.3 Å². The first-order valence-electron chi connectivity index (χ1n) is 6.43. The van der Waals surface area contributed by atoms with E-state index in [-0.39, 0.29) is 13.0 Å². The summed E-state index contributed by atoms with van der Waals surface area (Å²) in [6, 6.07) is 8.30. The average molecular weight is 296 g/mol. The smallest absolute Gasteiger partial charge is 0.405 e. The summed E-state index contributed by atoms with van der Waals surface area (Å²) in [5.41, 5.74) is 0.862. The van der Waals surface area contributed by atoms with Crippen LogP contribution < -0.4 is 10.6 Å². The lowest BCUT2D eigenvalue weighted by Gasteiger charge is -2.19. The Hall–Kier alpha value is -2.12. The molecule has 0 saturated heterocycles. The van der Waals surface area contributed by atoms with Crippen LogP contribution in [0, 0.1) is 0 Å². The molecule has 0 heterocycles. The molecule has 1 aromatic carbocycles. The molecule has 0 radical (unpaired) electrons. The van der Waals surface area contributed by atoms with E-state index in [1.165, 1.54) is 14.2 Å². The summed E-state index contributed by atoms with van der Waals surface area (Å²) in [5, 5.41) is 13.6. The number of carboxylic acid groups (broad SMARTS) is 1. The van der Waals surface area contributed by atoms with Gasteiger partial charge in [-0.25, -0.2) is 4.79 Å². The van der Waals surface area contributed by atoms with Gasteiger partial charge in [0.2, 0.25) is 5.91 Å². The van der Waals surface area contributed by atoms with Gasteiger partial charge in [0.15, 0.2) is 6.29 Å². The lowest BCUT2D eigenvalue weighted by Crippen LogP contribution is -2.49. The molecule has 7 nitrogen and oxygen atoms in total. The fourth-order valence-corrected chi connectivity index (χ4v) is 1.78. The van der Waals surface area contributed by atoms with Crippen LogP contribution in [0.1, 0.15) is 5.56 Å². The zero-order valence-electron chi connectivity index (χ0n) is 12.0. The van der Waals surface area contributed by atoms with Crippen molar-refractivity contribution in [3.05, 3.63) is 35.9 Å². The number of carbonyl (C=O) groups excluding carboxylic acids is 1. The van der Waals surface area contributed by atoms with E-state index in [2.05, 4.69) is 10.6 Å². The van der Waals surface area contributed by atoms with Crippen LogP contribution in [-0.2, 0) is 20.7 Å². The summed E-state index contributed by atoms with van der Waals surface area (Å²) in [6.07, 6.45) is -1.55. The van der Waals surface area contributed by atoms with Crippen molar-refractivity contribution in [2.24, 2.45) is 0 Å². The first-order chi connectivity index (χ1) is 10.1. The average Bonchev–Trinajstić information content (AvgIpc) is 2.48. The maximum absolute atomic E-state index is 12.1. The van der Waals surface area contributed by atoms with Crippen molar-refractivity contribution in [1.82, 2.24) is 10.6 Å². The van der Waals surface area contributed by atoms with Crippen molar-refractivity contribution in [2.75, 3.05) is 20.8 Å². The Morgan fingerprint density at radius 2 is 1.81 bits per heavy atom. The number of nitrogens with one attached hydrogen (secondary N) is 2. The molecule has 1 rings (SSSR count). The van der Waals surface area contributed by atoms with Crippen molar-refractivity contribution >= 4 is 12.0 Å². The second-order valence-corrected chi connectivity index (χ2v) is 4.34. The predicted molar refractivity (Wildman–Crippen MR) is 75.9 cm³/mol. The number of hydrogen-bond acceptors (Lipinski definition) is 4. The third-order valence-electron chi connectivity index (χ3n) is 2.87. The molecular formula is C14H20N2O5. The monoisotopic (exact) mass is 296 g/mol. The van der Waals surface area contributed by atoms with Crippen LogP contribution in [0.3, 0.4) is 0 Å².